The Morgan fingerprint density at radius 2 is 1.95 bits per heavy atom. The fraction of sp³-hybridized carbons (Fsp3) is 0.500. The molecule has 1 aromatic rings. The van der Waals surface area contributed by atoms with Gasteiger partial charge in [0.15, 0.2) is 0 Å². The Bertz CT molecular complexity index is 479. The van der Waals surface area contributed by atoms with Crippen molar-refractivity contribution in [2.24, 2.45) is 0 Å². The SMILES string of the molecule is CCc1c(C(=O)O)ccc(C(F)F)c1SC(C)(C)C. The minimum atomic E-state index is -2.60. The predicted molar refractivity (Wildman–Crippen MR) is 73.3 cm³/mol. The van der Waals surface area contributed by atoms with Crippen LogP contribution in [0.4, 0.5) is 8.78 Å². The van der Waals surface area contributed by atoms with Gasteiger partial charge in [-0.1, -0.05) is 33.8 Å². The highest BCUT2D eigenvalue weighted by Crippen LogP contribution is 2.41. The third-order valence-corrected chi connectivity index (χ3v) is 3.82. The van der Waals surface area contributed by atoms with Crippen molar-refractivity contribution in [3.8, 4) is 0 Å². The lowest BCUT2D eigenvalue weighted by atomic mass is 10.0. The summed E-state index contributed by atoms with van der Waals surface area (Å²) >= 11 is 1.30. The van der Waals surface area contributed by atoms with Gasteiger partial charge in [-0.05, 0) is 18.1 Å². The average Bonchev–Trinajstić information content (AvgIpc) is 2.25. The first-order valence-corrected chi connectivity index (χ1v) is 6.85. The van der Waals surface area contributed by atoms with Crippen LogP contribution in [0.5, 0.6) is 0 Å². The van der Waals surface area contributed by atoms with E-state index in [1.54, 1.807) is 6.92 Å². The molecular weight excluding hydrogens is 270 g/mol. The van der Waals surface area contributed by atoms with E-state index in [0.717, 1.165) is 0 Å². The van der Waals surface area contributed by atoms with Crippen LogP contribution in [-0.4, -0.2) is 15.8 Å². The molecule has 106 valence electrons. The molecular formula is C14H18F2O2S. The summed E-state index contributed by atoms with van der Waals surface area (Å²) in [5.74, 6) is -1.08. The molecule has 0 unspecified atom stereocenters. The van der Waals surface area contributed by atoms with Crippen molar-refractivity contribution in [3.63, 3.8) is 0 Å². The first-order chi connectivity index (χ1) is 8.67. The van der Waals surface area contributed by atoms with Crippen LogP contribution in [0.3, 0.4) is 0 Å². The zero-order valence-electron chi connectivity index (χ0n) is 11.5. The summed E-state index contributed by atoms with van der Waals surface area (Å²) in [5, 5.41) is 9.15. The normalized spacial score (nSPS) is 11.9. The number of hydrogen-bond acceptors (Lipinski definition) is 2. The topological polar surface area (TPSA) is 37.3 Å². The standard InChI is InChI=1S/C14H18F2O2S/c1-5-8-9(13(17)18)6-7-10(12(15)16)11(8)19-14(2,3)4/h6-7,12H,5H2,1-4H3,(H,17,18). The molecule has 0 spiro atoms. The summed E-state index contributed by atoms with van der Waals surface area (Å²) in [4.78, 5) is 11.6. The highest BCUT2D eigenvalue weighted by atomic mass is 32.2. The maximum atomic E-state index is 13.1. The van der Waals surface area contributed by atoms with Crippen LogP contribution >= 0.6 is 11.8 Å². The van der Waals surface area contributed by atoms with E-state index in [9.17, 15) is 13.6 Å². The molecule has 19 heavy (non-hydrogen) atoms. The van der Waals surface area contributed by atoms with Crippen LogP contribution in [0.1, 0.15) is 55.6 Å². The summed E-state index contributed by atoms with van der Waals surface area (Å²) in [7, 11) is 0. The number of benzene rings is 1. The minimum absolute atomic E-state index is 0.0817. The lowest BCUT2D eigenvalue weighted by molar-refractivity contribution is 0.0694. The summed E-state index contributed by atoms with van der Waals surface area (Å²) in [5.41, 5.74) is 0.519. The molecule has 0 aliphatic rings. The molecule has 0 aliphatic carbocycles. The quantitative estimate of drug-likeness (QED) is 0.810. The van der Waals surface area contributed by atoms with E-state index in [0.29, 0.717) is 16.9 Å². The fourth-order valence-corrected chi connectivity index (χ4v) is 3.06. The molecule has 0 fully saturated rings. The zero-order chi connectivity index (χ0) is 14.8. The lowest BCUT2D eigenvalue weighted by Crippen LogP contribution is -2.12. The van der Waals surface area contributed by atoms with E-state index in [-0.39, 0.29) is 15.9 Å². The van der Waals surface area contributed by atoms with E-state index in [1.807, 2.05) is 20.8 Å². The first-order valence-electron chi connectivity index (χ1n) is 6.03. The van der Waals surface area contributed by atoms with Crippen LogP contribution in [0.15, 0.2) is 17.0 Å². The summed E-state index contributed by atoms with van der Waals surface area (Å²) in [6, 6.07) is 2.50. The van der Waals surface area contributed by atoms with Gasteiger partial charge in [-0.2, -0.15) is 0 Å². The van der Waals surface area contributed by atoms with Crippen molar-refractivity contribution >= 4 is 17.7 Å². The second kappa shape index (κ2) is 5.90. The molecule has 0 aliphatic heterocycles. The summed E-state index contributed by atoms with van der Waals surface area (Å²) < 4.78 is 25.9. The summed E-state index contributed by atoms with van der Waals surface area (Å²) in [6.07, 6.45) is -2.18. The van der Waals surface area contributed by atoms with Crippen molar-refractivity contribution in [2.45, 2.75) is 50.2 Å². The Balaban J connectivity index is 3.50. The zero-order valence-corrected chi connectivity index (χ0v) is 12.3. The first kappa shape index (κ1) is 16.0. The van der Waals surface area contributed by atoms with E-state index in [4.69, 9.17) is 5.11 Å². The number of alkyl halides is 2. The maximum Gasteiger partial charge on any atom is 0.336 e. The number of rotatable bonds is 4. The number of thioether (sulfide) groups is 1. The van der Waals surface area contributed by atoms with Crippen molar-refractivity contribution in [3.05, 3.63) is 28.8 Å². The van der Waals surface area contributed by atoms with Crippen LogP contribution in [0.2, 0.25) is 0 Å². The molecule has 0 aromatic heterocycles. The van der Waals surface area contributed by atoms with E-state index in [2.05, 4.69) is 0 Å². The van der Waals surface area contributed by atoms with Gasteiger partial charge in [0.1, 0.15) is 0 Å². The number of carboxylic acids is 1. The van der Waals surface area contributed by atoms with E-state index < -0.39 is 12.4 Å². The van der Waals surface area contributed by atoms with E-state index in [1.165, 1.54) is 23.9 Å². The number of halogens is 2. The monoisotopic (exact) mass is 288 g/mol. The number of carbonyl (C=O) groups is 1. The molecule has 0 amide bonds. The molecule has 0 atom stereocenters. The van der Waals surface area contributed by atoms with Gasteiger partial charge in [-0.25, -0.2) is 13.6 Å². The van der Waals surface area contributed by atoms with Gasteiger partial charge < -0.3 is 5.11 Å². The van der Waals surface area contributed by atoms with Gasteiger partial charge in [-0.15, -0.1) is 11.8 Å². The second-order valence-electron chi connectivity index (χ2n) is 5.18. The van der Waals surface area contributed by atoms with Crippen molar-refractivity contribution in [2.75, 3.05) is 0 Å². The maximum absolute atomic E-state index is 13.1. The molecule has 2 nitrogen and oxygen atoms in total. The molecule has 1 rings (SSSR count). The van der Waals surface area contributed by atoms with Crippen LogP contribution in [0.25, 0.3) is 0 Å². The van der Waals surface area contributed by atoms with Gasteiger partial charge in [0, 0.05) is 15.2 Å². The van der Waals surface area contributed by atoms with Crippen molar-refractivity contribution in [1.82, 2.24) is 0 Å². The van der Waals surface area contributed by atoms with Gasteiger partial charge in [-0.3, -0.25) is 0 Å². The Morgan fingerprint density at radius 3 is 2.32 bits per heavy atom. The minimum Gasteiger partial charge on any atom is -0.478 e. The van der Waals surface area contributed by atoms with Crippen LogP contribution in [-0.2, 0) is 6.42 Å². The van der Waals surface area contributed by atoms with Gasteiger partial charge in [0.05, 0.1) is 5.56 Å². The molecule has 0 radical (unpaired) electrons. The molecule has 0 heterocycles. The van der Waals surface area contributed by atoms with Crippen molar-refractivity contribution in [1.29, 1.82) is 0 Å². The van der Waals surface area contributed by atoms with Crippen LogP contribution in [0, 0.1) is 0 Å². The number of carboxylic acid groups (broad SMARTS) is 1. The molecule has 0 saturated heterocycles. The summed E-state index contributed by atoms with van der Waals surface area (Å²) in [6.45, 7) is 7.53. The Kier molecular flexibility index (Phi) is 4.96. The van der Waals surface area contributed by atoms with Crippen molar-refractivity contribution < 1.29 is 18.7 Å². The van der Waals surface area contributed by atoms with E-state index >= 15 is 0 Å². The highest BCUT2D eigenvalue weighted by molar-refractivity contribution is 8.00. The third kappa shape index (κ3) is 3.93. The number of aromatic carboxylic acids is 1. The smallest absolute Gasteiger partial charge is 0.336 e. The highest BCUT2D eigenvalue weighted by Gasteiger charge is 2.25. The van der Waals surface area contributed by atoms with Crippen LogP contribution < -0.4 is 0 Å². The molecule has 5 heteroatoms. The van der Waals surface area contributed by atoms with Gasteiger partial charge in [0.25, 0.3) is 6.43 Å². The Hall–Kier alpha value is -1.10. The second-order valence-corrected chi connectivity index (χ2v) is 7.02. The largest absolute Gasteiger partial charge is 0.478 e. The average molecular weight is 288 g/mol. The Morgan fingerprint density at radius 1 is 1.37 bits per heavy atom. The fourth-order valence-electron chi connectivity index (χ4n) is 1.80. The molecule has 1 aromatic carbocycles. The Labute approximate surface area is 116 Å². The van der Waals surface area contributed by atoms with Gasteiger partial charge in [0.2, 0.25) is 0 Å². The third-order valence-electron chi connectivity index (χ3n) is 2.52. The van der Waals surface area contributed by atoms with Gasteiger partial charge >= 0.3 is 5.97 Å². The molecule has 0 bridgehead atoms. The lowest BCUT2D eigenvalue weighted by Gasteiger charge is -2.23. The molecule has 1 N–H and O–H groups in total. The predicted octanol–water partition coefficient (Wildman–Crippen LogP) is 4.78. The number of hydrogen-bond donors (Lipinski definition) is 1. The molecule has 0 saturated carbocycles.